The second-order valence-corrected chi connectivity index (χ2v) is 9.53. The van der Waals surface area contributed by atoms with Gasteiger partial charge in [0.25, 0.3) is 0 Å². The van der Waals surface area contributed by atoms with E-state index in [2.05, 4.69) is 10.6 Å². The minimum Gasteiger partial charge on any atom is -0.491 e. The third kappa shape index (κ3) is 4.83. The molecule has 1 heterocycles. The summed E-state index contributed by atoms with van der Waals surface area (Å²) in [5.41, 5.74) is 7.30. The van der Waals surface area contributed by atoms with Crippen molar-refractivity contribution in [2.45, 2.75) is 64.1 Å². The lowest BCUT2D eigenvalue weighted by molar-refractivity contribution is -0.118. The number of nitrogens with two attached hydrogens (primary N) is 1. The Labute approximate surface area is 171 Å². The van der Waals surface area contributed by atoms with Crippen molar-refractivity contribution in [2.75, 3.05) is 11.9 Å². The molecular weight excluding hydrogens is 370 g/mol. The van der Waals surface area contributed by atoms with Crippen molar-refractivity contribution >= 4 is 17.7 Å². The second-order valence-electron chi connectivity index (χ2n) is 9.53. The number of fused-ring (bicyclic) bond motifs is 1. The first kappa shape index (κ1) is 20.0. The summed E-state index contributed by atoms with van der Waals surface area (Å²) < 4.78 is 11.0. The molecule has 0 bridgehead atoms. The number of carbonyl (C=O) groups is 2. The first-order chi connectivity index (χ1) is 13.7. The second kappa shape index (κ2) is 7.52. The largest absolute Gasteiger partial charge is 0.491 e. The molecule has 2 amide bonds. The van der Waals surface area contributed by atoms with Crippen molar-refractivity contribution in [1.29, 1.82) is 0 Å². The van der Waals surface area contributed by atoms with Gasteiger partial charge < -0.3 is 25.8 Å². The van der Waals surface area contributed by atoms with Crippen molar-refractivity contribution in [3.8, 4) is 5.75 Å². The summed E-state index contributed by atoms with van der Waals surface area (Å²) in [6, 6.07) is 4.74. The molecule has 7 nitrogen and oxygen atoms in total. The van der Waals surface area contributed by atoms with Crippen LogP contribution in [0.2, 0.25) is 0 Å². The van der Waals surface area contributed by atoms with Gasteiger partial charge in [0.1, 0.15) is 18.0 Å². The van der Waals surface area contributed by atoms with Crippen LogP contribution in [0.4, 0.5) is 10.5 Å². The van der Waals surface area contributed by atoms with Crippen molar-refractivity contribution in [1.82, 2.24) is 5.32 Å². The lowest BCUT2D eigenvalue weighted by atomic mass is 9.89. The van der Waals surface area contributed by atoms with Crippen LogP contribution in [0.15, 0.2) is 18.2 Å². The highest BCUT2D eigenvalue weighted by Gasteiger charge is 2.46. The van der Waals surface area contributed by atoms with E-state index in [0.29, 0.717) is 35.8 Å². The van der Waals surface area contributed by atoms with E-state index < -0.39 is 17.7 Å². The van der Waals surface area contributed by atoms with Gasteiger partial charge in [-0.3, -0.25) is 4.79 Å². The van der Waals surface area contributed by atoms with Crippen LogP contribution < -0.4 is 21.1 Å². The minimum atomic E-state index is -0.557. The molecule has 2 saturated carbocycles. The third-order valence-corrected chi connectivity index (χ3v) is 5.80. The summed E-state index contributed by atoms with van der Waals surface area (Å²) in [5.74, 6) is 2.06. The maximum atomic E-state index is 12.7. The number of nitrogens with one attached hydrogen (secondary N) is 2. The van der Waals surface area contributed by atoms with E-state index in [0.717, 1.165) is 5.56 Å². The molecule has 7 heteroatoms. The molecule has 0 radical (unpaired) electrons. The molecule has 4 rings (SSSR count). The molecule has 0 saturated heterocycles. The quantitative estimate of drug-likeness (QED) is 0.678. The smallest absolute Gasteiger partial charge is 0.408 e. The van der Waals surface area contributed by atoms with Crippen LogP contribution in [0.5, 0.6) is 5.75 Å². The zero-order valence-electron chi connectivity index (χ0n) is 17.4. The highest BCUT2D eigenvalue weighted by molar-refractivity contribution is 5.95. The SMILES string of the molecule is CC(C)(C)OC(=O)N[C@@H]1COc2cc(NC(=O)[C@@H](N)C(C3CC3)C3CC3)ccc21. The molecule has 29 heavy (non-hydrogen) atoms. The number of hydrogen-bond donors (Lipinski definition) is 3. The van der Waals surface area contributed by atoms with E-state index in [9.17, 15) is 9.59 Å². The van der Waals surface area contributed by atoms with Gasteiger partial charge in [0.05, 0.1) is 12.1 Å². The summed E-state index contributed by atoms with van der Waals surface area (Å²) in [6.45, 7) is 5.80. The van der Waals surface area contributed by atoms with Crippen LogP contribution in [0.25, 0.3) is 0 Å². The third-order valence-electron chi connectivity index (χ3n) is 5.80. The summed E-state index contributed by atoms with van der Waals surface area (Å²) in [4.78, 5) is 24.7. The normalized spacial score (nSPS) is 21.9. The fourth-order valence-electron chi connectivity index (χ4n) is 4.19. The Kier molecular flexibility index (Phi) is 5.19. The Hall–Kier alpha value is -2.28. The van der Waals surface area contributed by atoms with E-state index >= 15 is 0 Å². The van der Waals surface area contributed by atoms with Gasteiger partial charge in [-0.1, -0.05) is 6.07 Å². The number of amides is 2. The first-order valence-electron chi connectivity index (χ1n) is 10.5. The lowest BCUT2D eigenvalue weighted by Gasteiger charge is -2.23. The predicted molar refractivity (Wildman–Crippen MR) is 110 cm³/mol. The van der Waals surface area contributed by atoms with Crippen molar-refractivity contribution in [3.05, 3.63) is 23.8 Å². The molecule has 0 spiro atoms. The van der Waals surface area contributed by atoms with E-state index in [4.69, 9.17) is 15.2 Å². The van der Waals surface area contributed by atoms with Crippen molar-refractivity contribution in [3.63, 3.8) is 0 Å². The standard InChI is InChI=1S/C22H31N3O4/c1-22(2,3)29-21(27)25-16-11-28-17-10-14(8-9-15(16)17)24-20(26)19(23)18(12-4-5-12)13-6-7-13/h8-10,12-13,16,18-19H,4-7,11,23H2,1-3H3,(H,24,26)(H,25,27)/t16-,19+/m1/s1. The summed E-state index contributed by atoms with van der Waals surface area (Å²) >= 11 is 0. The summed E-state index contributed by atoms with van der Waals surface area (Å²) in [5, 5.41) is 5.78. The molecule has 1 aliphatic heterocycles. The topological polar surface area (TPSA) is 103 Å². The van der Waals surface area contributed by atoms with Crippen molar-refractivity contribution in [2.24, 2.45) is 23.5 Å². The number of carbonyl (C=O) groups excluding carboxylic acids is 2. The molecule has 1 aromatic rings. The van der Waals surface area contributed by atoms with Gasteiger partial charge in [-0.15, -0.1) is 0 Å². The molecule has 4 N–H and O–H groups in total. The van der Waals surface area contributed by atoms with E-state index in [1.165, 1.54) is 25.7 Å². The molecule has 158 valence electrons. The number of rotatable bonds is 6. The number of benzene rings is 1. The number of hydrogen-bond acceptors (Lipinski definition) is 5. The van der Waals surface area contributed by atoms with Crippen LogP contribution in [0.1, 0.15) is 58.1 Å². The van der Waals surface area contributed by atoms with Crippen LogP contribution >= 0.6 is 0 Å². The first-order valence-corrected chi connectivity index (χ1v) is 10.5. The van der Waals surface area contributed by atoms with E-state index in [1.54, 1.807) is 6.07 Å². The zero-order chi connectivity index (χ0) is 20.8. The molecular formula is C22H31N3O4. The average molecular weight is 402 g/mol. The molecule has 0 unspecified atom stereocenters. The molecule has 1 aromatic carbocycles. The highest BCUT2D eigenvalue weighted by atomic mass is 16.6. The molecule has 2 aliphatic carbocycles. The van der Waals surface area contributed by atoms with Gasteiger partial charge in [0.2, 0.25) is 5.91 Å². The Bertz CT molecular complexity index is 784. The summed E-state index contributed by atoms with van der Waals surface area (Å²) in [6.07, 6.45) is 4.30. The predicted octanol–water partition coefficient (Wildman–Crippen LogP) is 3.35. The fourth-order valence-corrected chi connectivity index (χ4v) is 4.19. The van der Waals surface area contributed by atoms with Gasteiger partial charge >= 0.3 is 6.09 Å². The Morgan fingerprint density at radius 3 is 2.41 bits per heavy atom. The lowest BCUT2D eigenvalue weighted by Crippen LogP contribution is -2.43. The van der Waals surface area contributed by atoms with Gasteiger partial charge in [0.15, 0.2) is 0 Å². The van der Waals surface area contributed by atoms with Gasteiger partial charge in [-0.25, -0.2) is 4.79 Å². The van der Waals surface area contributed by atoms with E-state index in [1.807, 2.05) is 32.9 Å². The number of ether oxygens (including phenoxy) is 2. The maximum absolute atomic E-state index is 12.7. The Balaban J connectivity index is 1.37. The van der Waals surface area contributed by atoms with E-state index in [-0.39, 0.29) is 11.9 Å². The monoisotopic (exact) mass is 401 g/mol. The molecule has 2 atom stereocenters. The van der Waals surface area contributed by atoms with Crippen LogP contribution in [-0.4, -0.2) is 30.3 Å². The Morgan fingerprint density at radius 2 is 1.83 bits per heavy atom. The van der Waals surface area contributed by atoms with Crippen LogP contribution in [0, 0.1) is 17.8 Å². The van der Waals surface area contributed by atoms with Gasteiger partial charge in [-0.2, -0.15) is 0 Å². The minimum absolute atomic E-state index is 0.129. The summed E-state index contributed by atoms with van der Waals surface area (Å²) in [7, 11) is 0. The zero-order valence-corrected chi connectivity index (χ0v) is 17.4. The molecule has 0 aromatic heterocycles. The average Bonchev–Trinajstić information content (AvgIpc) is 3.54. The Morgan fingerprint density at radius 1 is 1.17 bits per heavy atom. The number of alkyl carbamates (subject to hydrolysis) is 1. The van der Waals surface area contributed by atoms with Crippen LogP contribution in [-0.2, 0) is 9.53 Å². The molecule has 2 fully saturated rings. The fraction of sp³-hybridized carbons (Fsp3) is 0.636. The van der Waals surface area contributed by atoms with Crippen LogP contribution in [0.3, 0.4) is 0 Å². The highest BCUT2D eigenvalue weighted by Crippen LogP contribution is 2.50. The maximum Gasteiger partial charge on any atom is 0.408 e. The van der Waals surface area contributed by atoms with Crippen molar-refractivity contribution < 1.29 is 19.1 Å². The number of anilines is 1. The van der Waals surface area contributed by atoms with Gasteiger partial charge in [-0.05, 0) is 70.3 Å². The molecule has 3 aliphatic rings. The van der Waals surface area contributed by atoms with Gasteiger partial charge in [0, 0.05) is 17.3 Å².